The van der Waals surface area contributed by atoms with Crippen molar-refractivity contribution in [1.29, 1.82) is 0 Å². The molecular formula is C15H23N. The molecule has 0 bridgehead atoms. The molecule has 88 valence electrons. The van der Waals surface area contributed by atoms with Gasteiger partial charge in [-0.05, 0) is 61.4 Å². The molecule has 1 aromatic carbocycles. The lowest BCUT2D eigenvalue weighted by Gasteiger charge is -2.25. The third kappa shape index (κ3) is 2.46. The van der Waals surface area contributed by atoms with Gasteiger partial charge in [0.15, 0.2) is 0 Å². The van der Waals surface area contributed by atoms with E-state index in [1.165, 1.54) is 37.9 Å². The van der Waals surface area contributed by atoms with Crippen LogP contribution in [-0.2, 0) is 12.8 Å². The van der Waals surface area contributed by atoms with Gasteiger partial charge in [0, 0.05) is 0 Å². The average Bonchev–Trinajstić information content (AvgIpc) is 2.39. The summed E-state index contributed by atoms with van der Waals surface area (Å²) in [5.74, 6) is 0.794. The zero-order chi connectivity index (χ0) is 11.4. The Labute approximate surface area is 99.3 Å². The minimum absolute atomic E-state index is 0.794. The highest BCUT2D eigenvalue weighted by molar-refractivity contribution is 5.35. The number of benzene rings is 1. The van der Waals surface area contributed by atoms with Gasteiger partial charge in [0.25, 0.3) is 0 Å². The molecule has 1 nitrogen and oxygen atoms in total. The van der Waals surface area contributed by atoms with Crippen molar-refractivity contribution in [2.45, 2.75) is 45.4 Å². The molecular weight excluding hydrogens is 194 g/mol. The third-order valence-corrected chi connectivity index (χ3v) is 3.78. The van der Waals surface area contributed by atoms with Crippen LogP contribution >= 0.6 is 0 Å². The molecule has 1 saturated heterocycles. The first-order valence-corrected chi connectivity index (χ1v) is 6.67. The molecule has 1 heteroatoms. The Balaban J connectivity index is 2.27. The predicted octanol–water partition coefficient (Wildman–Crippen LogP) is 3.28. The maximum atomic E-state index is 3.45. The van der Waals surface area contributed by atoms with Crippen LogP contribution in [0.3, 0.4) is 0 Å². The fourth-order valence-corrected chi connectivity index (χ4v) is 2.70. The smallest absolute Gasteiger partial charge is 0.00431 e. The minimum atomic E-state index is 0.794. The van der Waals surface area contributed by atoms with Crippen LogP contribution in [-0.4, -0.2) is 13.1 Å². The summed E-state index contributed by atoms with van der Waals surface area (Å²) in [5.41, 5.74) is 4.68. The van der Waals surface area contributed by atoms with Crippen molar-refractivity contribution < 1.29 is 0 Å². The Morgan fingerprint density at radius 3 is 2.50 bits per heavy atom. The number of aryl methyl sites for hydroxylation is 2. The fraction of sp³-hybridized carbons (Fsp3) is 0.600. The molecule has 1 aliphatic heterocycles. The summed E-state index contributed by atoms with van der Waals surface area (Å²) < 4.78 is 0. The Morgan fingerprint density at radius 1 is 1.12 bits per heavy atom. The molecule has 0 unspecified atom stereocenters. The number of nitrogens with one attached hydrogen (secondary N) is 1. The van der Waals surface area contributed by atoms with Gasteiger partial charge in [-0.1, -0.05) is 32.0 Å². The third-order valence-electron chi connectivity index (χ3n) is 3.78. The second kappa shape index (κ2) is 5.49. The second-order valence-corrected chi connectivity index (χ2v) is 4.76. The van der Waals surface area contributed by atoms with Gasteiger partial charge in [0.05, 0.1) is 0 Å². The largest absolute Gasteiger partial charge is 0.317 e. The van der Waals surface area contributed by atoms with Gasteiger partial charge in [0.2, 0.25) is 0 Å². The lowest BCUT2D eigenvalue weighted by Crippen LogP contribution is -2.27. The summed E-state index contributed by atoms with van der Waals surface area (Å²) in [6.07, 6.45) is 4.94. The van der Waals surface area contributed by atoms with E-state index in [0.29, 0.717) is 0 Å². The first kappa shape index (κ1) is 11.7. The van der Waals surface area contributed by atoms with Gasteiger partial charge in [0.1, 0.15) is 0 Å². The van der Waals surface area contributed by atoms with Crippen molar-refractivity contribution in [3.05, 3.63) is 34.9 Å². The van der Waals surface area contributed by atoms with E-state index in [2.05, 4.69) is 37.4 Å². The molecule has 0 radical (unpaired) electrons. The van der Waals surface area contributed by atoms with Crippen LogP contribution in [0.15, 0.2) is 18.2 Å². The summed E-state index contributed by atoms with van der Waals surface area (Å²) in [6.45, 7) is 6.88. The van der Waals surface area contributed by atoms with E-state index >= 15 is 0 Å². The molecule has 0 atom stereocenters. The van der Waals surface area contributed by atoms with Crippen LogP contribution in [0.5, 0.6) is 0 Å². The zero-order valence-electron chi connectivity index (χ0n) is 10.6. The van der Waals surface area contributed by atoms with E-state index in [4.69, 9.17) is 0 Å². The number of rotatable bonds is 3. The first-order chi connectivity index (χ1) is 7.85. The van der Waals surface area contributed by atoms with Crippen LogP contribution in [0.2, 0.25) is 0 Å². The summed E-state index contributed by atoms with van der Waals surface area (Å²) in [4.78, 5) is 0. The molecule has 1 heterocycles. The normalized spacial score (nSPS) is 17.6. The summed E-state index contributed by atoms with van der Waals surface area (Å²) in [7, 11) is 0. The van der Waals surface area contributed by atoms with Crippen LogP contribution in [0, 0.1) is 0 Å². The lowest BCUT2D eigenvalue weighted by atomic mass is 9.85. The Bertz CT molecular complexity index is 337. The van der Waals surface area contributed by atoms with Crippen LogP contribution in [0.1, 0.15) is 49.3 Å². The van der Waals surface area contributed by atoms with E-state index in [1.807, 2.05) is 0 Å². The highest BCUT2D eigenvalue weighted by atomic mass is 14.9. The van der Waals surface area contributed by atoms with Gasteiger partial charge >= 0.3 is 0 Å². The highest BCUT2D eigenvalue weighted by Gasteiger charge is 2.17. The predicted molar refractivity (Wildman–Crippen MR) is 70.0 cm³/mol. The Kier molecular flexibility index (Phi) is 4.00. The second-order valence-electron chi connectivity index (χ2n) is 4.76. The zero-order valence-corrected chi connectivity index (χ0v) is 10.6. The van der Waals surface area contributed by atoms with Gasteiger partial charge in [-0.2, -0.15) is 0 Å². The maximum absolute atomic E-state index is 3.45. The lowest BCUT2D eigenvalue weighted by molar-refractivity contribution is 0.458. The molecule has 0 aromatic heterocycles. The summed E-state index contributed by atoms with van der Waals surface area (Å²) >= 11 is 0. The molecule has 0 amide bonds. The van der Waals surface area contributed by atoms with Gasteiger partial charge in [-0.3, -0.25) is 0 Å². The van der Waals surface area contributed by atoms with E-state index < -0.39 is 0 Å². The van der Waals surface area contributed by atoms with Crippen molar-refractivity contribution in [3.63, 3.8) is 0 Å². The fourth-order valence-electron chi connectivity index (χ4n) is 2.70. The van der Waals surface area contributed by atoms with Crippen molar-refractivity contribution in [2.24, 2.45) is 0 Å². The van der Waals surface area contributed by atoms with Gasteiger partial charge < -0.3 is 5.32 Å². The molecule has 0 saturated carbocycles. The first-order valence-electron chi connectivity index (χ1n) is 6.67. The van der Waals surface area contributed by atoms with Gasteiger partial charge in [-0.25, -0.2) is 0 Å². The molecule has 1 aromatic rings. The Morgan fingerprint density at radius 2 is 1.88 bits per heavy atom. The van der Waals surface area contributed by atoms with Gasteiger partial charge in [-0.15, -0.1) is 0 Å². The van der Waals surface area contributed by atoms with Crippen molar-refractivity contribution in [1.82, 2.24) is 5.32 Å². The van der Waals surface area contributed by atoms with Crippen molar-refractivity contribution >= 4 is 0 Å². The molecule has 1 aliphatic rings. The van der Waals surface area contributed by atoms with Crippen molar-refractivity contribution in [2.75, 3.05) is 13.1 Å². The van der Waals surface area contributed by atoms with Crippen LogP contribution < -0.4 is 5.32 Å². The molecule has 0 spiro atoms. The molecule has 0 aliphatic carbocycles. The minimum Gasteiger partial charge on any atom is -0.317 e. The van der Waals surface area contributed by atoms with Crippen molar-refractivity contribution in [3.8, 4) is 0 Å². The summed E-state index contributed by atoms with van der Waals surface area (Å²) in [5, 5.41) is 3.45. The summed E-state index contributed by atoms with van der Waals surface area (Å²) in [6, 6.07) is 7.09. The quantitative estimate of drug-likeness (QED) is 0.819. The molecule has 16 heavy (non-hydrogen) atoms. The average molecular weight is 217 g/mol. The number of piperidine rings is 1. The van der Waals surface area contributed by atoms with E-state index in [1.54, 1.807) is 11.1 Å². The molecule has 2 rings (SSSR count). The van der Waals surface area contributed by atoms with Crippen LogP contribution in [0.25, 0.3) is 0 Å². The van der Waals surface area contributed by atoms with E-state index in [9.17, 15) is 0 Å². The monoisotopic (exact) mass is 217 g/mol. The van der Waals surface area contributed by atoms with Crippen LogP contribution in [0.4, 0.5) is 0 Å². The standard InChI is InChI=1S/C15H23N/c1-3-12-5-6-13(4-2)15(11-12)14-7-9-16-10-8-14/h5-6,11,14,16H,3-4,7-10H2,1-2H3. The topological polar surface area (TPSA) is 12.0 Å². The van der Waals surface area contributed by atoms with E-state index in [-0.39, 0.29) is 0 Å². The molecule has 1 fully saturated rings. The number of hydrogen-bond donors (Lipinski definition) is 1. The molecule has 1 N–H and O–H groups in total. The Hall–Kier alpha value is -0.820. The number of hydrogen-bond acceptors (Lipinski definition) is 1. The highest BCUT2D eigenvalue weighted by Crippen LogP contribution is 2.29. The maximum Gasteiger partial charge on any atom is -0.00431 e. The van der Waals surface area contributed by atoms with E-state index in [0.717, 1.165) is 12.3 Å². The SMILES string of the molecule is CCc1ccc(CC)c(C2CCNCC2)c1.